The first kappa shape index (κ1) is 28.2. The predicted molar refractivity (Wildman–Crippen MR) is 110 cm³/mol. The number of carboxylic acids is 1. The normalized spacial score (nSPS) is 15.6. The van der Waals surface area contributed by atoms with Crippen LogP contribution in [0.5, 0.6) is 0 Å². The smallest absolute Gasteiger partial charge is 0.326 e. The lowest BCUT2D eigenvalue weighted by Gasteiger charge is -2.26. The zero-order valence-electron chi connectivity index (χ0n) is 17.8. The number of aliphatic carboxylic acids is 1. The van der Waals surface area contributed by atoms with Crippen molar-refractivity contribution < 1.29 is 34.2 Å². The number of primary amides is 1. The number of amides is 4. The molecule has 0 aromatic rings. The number of carboxylic acid groups (broad SMARTS) is 1. The monoisotopic (exact) mass is 446 g/mol. The van der Waals surface area contributed by atoms with Gasteiger partial charge in [0.2, 0.25) is 23.6 Å². The van der Waals surface area contributed by atoms with Gasteiger partial charge in [-0.05, 0) is 46.1 Å². The molecule has 31 heavy (non-hydrogen) atoms. The van der Waals surface area contributed by atoms with Gasteiger partial charge in [0, 0.05) is 6.42 Å². The molecular formula is C18H34N6O7. The molecule has 0 fully saturated rings. The van der Waals surface area contributed by atoms with Crippen molar-refractivity contribution in [1.82, 2.24) is 16.0 Å². The molecule has 0 rings (SSSR count). The van der Waals surface area contributed by atoms with Crippen LogP contribution in [0.3, 0.4) is 0 Å². The molecule has 5 unspecified atom stereocenters. The van der Waals surface area contributed by atoms with E-state index in [9.17, 15) is 34.2 Å². The summed E-state index contributed by atoms with van der Waals surface area (Å²) in [7, 11) is 0. The van der Waals surface area contributed by atoms with E-state index in [1.54, 1.807) is 0 Å². The lowest BCUT2D eigenvalue weighted by Crippen LogP contribution is -2.59. The second kappa shape index (κ2) is 14.3. The topological polar surface area (TPSA) is 240 Å². The SMILES string of the molecule is CC(N)C(=O)NC(C(=O)NC(CCC(N)=O)C(=O)NC(CCCCN)C(=O)O)C(C)O. The van der Waals surface area contributed by atoms with E-state index in [0.29, 0.717) is 19.4 Å². The van der Waals surface area contributed by atoms with Crippen LogP contribution in [0.15, 0.2) is 0 Å². The first-order chi connectivity index (χ1) is 14.4. The van der Waals surface area contributed by atoms with E-state index >= 15 is 0 Å². The molecule has 0 heterocycles. The summed E-state index contributed by atoms with van der Waals surface area (Å²) in [5.41, 5.74) is 15.9. The molecule has 178 valence electrons. The van der Waals surface area contributed by atoms with Gasteiger partial charge < -0.3 is 43.4 Å². The molecule has 0 aromatic carbocycles. The van der Waals surface area contributed by atoms with Gasteiger partial charge in [0.05, 0.1) is 12.1 Å². The second-order valence-corrected chi connectivity index (χ2v) is 7.27. The van der Waals surface area contributed by atoms with Gasteiger partial charge in [-0.15, -0.1) is 0 Å². The van der Waals surface area contributed by atoms with Crippen LogP contribution >= 0.6 is 0 Å². The average Bonchev–Trinajstić information content (AvgIpc) is 2.67. The Hall–Kier alpha value is -2.77. The van der Waals surface area contributed by atoms with Gasteiger partial charge in [0.1, 0.15) is 18.1 Å². The molecule has 0 bridgehead atoms. The van der Waals surface area contributed by atoms with Crippen molar-refractivity contribution in [2.45, 2.75) is 76.2 Å². The summed E-state index contributed by atoms with van der Waals surface area (Å²) in [5, 5.41) is 26.1. The number of carbonyl (C=O) groups is 5. The molecule has 0 spiro atoms. The zero-order chi connectivity index (χ0) is 24.1. The summed E-state index contributed by atoms with van der Waals surface area (Å²) in [6.07, 6.45) is -0.665. The summed E-state index contributed by atoms with van der Waals surface area (Å²) >= 11 is 0. The van der Waals surface area contributed by atoms with Gasteiger partial charge in [-0.2, -0.15) is 0 Å². The fraction of sp³-hybridized carbons (Fsp3) is 0.722. The fourth-order valence-corrected chi connectivity index (χ4v) is 2.53. The van der Waals surface area contributed by atoms with Crippen molar-refractivity contribution in [1.29, 1.82) is 0 Å². The molecule has 5 atom stereocenters. The summed E-state index contributed by atoms with van der Waals surface area (Å²) in [5.74, 6) is -4.47. The Kier molecular flexibility index (Phi) is 13.0. The summed E-state index contributed by atoms with van der Waals surface area (Å²) in [6, 6.07) is -4.93. The highest BCUT2D eigenvalue weighted by molar-refractivity contribution is 5.94. The molecule has 0 aliphatic carbocycles. The van der Waals surface area contributed by atoms with Crippen molar-refractivity contribution in [3.8, 4) is 0 Å². The van der Waals surface area contributed by atoms with E-state index in [-0.39, 0.29) is 19.3 Å². The Bertz CT molecular complexity index is 641. The number of aliphatic hydroxyl groups is 1. The highest BCUT2D eigenvalue weighted by atomic mass is 16.4. The first-order valence-corrected chi connectivity index (χ1v) is 9.96. The molecule has 0 aliphatic rings. The van der Waals surface area contributed by atoms with E-state index in [0.717, 1.165) is 0 Å². The number of nitrogens with one attached hydrogen (secondary N) is 3. The maximum absolute atomic E-state index is 12.6. The van der Waals surface area contributed by atoms with Gasteiger partial charge in [-0.1, -0.05) is 0 Å². The number of nitrogens with two attached hydrogens (primary N) is 3. The highest BCUT2D eigenvalue weighted by Crippen LogP contribution is 2.05. The predicted octanol–water partition coefficient (Wildman–Crippen LogP) is -3.35. The quantitative estimate of drug-likeness (QED) is 0.117. The summed E-state index contributed by atoms with van der Waals surface area (Å²) in [4.78, 5) is 59.6. The van der Waals surface area contributed by atoms with Gasteiger partial charge in [0.15, 0.2) is 0 Å². The van der Waals surface area contributed by atoms with Crippen molar-refractivity contribution in [3.05, 3.63) is 0 Å². The minimum Gasteiger partial charge on any atom is -0.480 e. The number of rotatable bonds is 15. The number of unbranched alkanes of at least 4 members (excludes halogenated alkanes) is 1. The van der Waals surface area contributed by atoms with Crippen LogP contribution in [0.4, 0.5) is 0 Å². The van der Waals surface area contributed by atoms with Crippen LogP contribution in [0.1, 0.15) is 46.0 Å². The maximum atomic E-state index is 12.6. The van der Waals surface area contributed by atoms with Gasteiger partial charge >= 0.3 is 5.97 Å². The van der Waals surface area contributed by atoms with Crippen LogP contribution < -0.4 is 33.2 Å². The molecule has 0 aliphatic heterocycles. The fourth-order valence-electron chi connectivity index (χ4n) is 2.53. The molecular weight excluding hydrogens is 412 g/mol. The van der Waals surface area contributed by atoms with E-state index in [1.807, 2.05) is 0 Å². The lowest BCUT2D eigenvalue weighted by molar-refractivity contribution is -0.142. The number of carbonyl (C=O) groups excluding carboxylic acids is 4. The van der Waals surface area contributed by atoms with Crippen molar-refractivity contribution in [2.75, 3.05) is 6.54 Å². The third kappa shape index (κ3) is 11.3. The van der Waals surface area contributed by atoms with Gasteiger partial charge in [0.25, 0.3) is 0 Å². The molecule has 0 saturated carbocycles. The average molecular weight is 447 g/mol. The highest BCUT2D eigenvalue weighted by Gasteiger charge is 2.32. The van der Waals surface area contributed by atoms with Crippen LogP contribution in [0, 0.1) is 0 Å². The number of hydrogen-bond donors (Lipinski definition) is 8. The Morgan fingerprint density at radius 2 is 1.45 bits per heavy atom. The molecule has 4 amide bonds. The number of hydrogen-bond acceptors (Lipinski definition) is 8. The van der Waals surface area contributed by atoms with Gasteiger partial charge in [-0.3, -0.25) is 19.2 Å². The standard InChI is InChI=1S/C18H34N6O7/c1-9(20)15(27)24-14(10(2)25)17(29)22-11(6-7-13(21)26)16(28)23-12(18(30)31)5-3-4-8-19/h9-12,14,25H,3-8,19-20H2,1-2H3,(H2,21,26)(H,22,29)(H,23,28)(H,24,27)(H,30,31). The van der Waals surface area contributed by atoms with Crippen LogP contribution in [-0.2, 0) is 24.0 Å². The van der Waals surface area contributed by atoms with E-state index in [4.69, 9.17) is 17.2 Å². The maximum Gasteiger partial charge on any atom is 0.326 e. The zero-order valence-corrected chi connectivity index (χ0v) is 17.8. The Morgan fingerprint density at radius 3 is 1.90 bits per heavy atom. The lowest BCUT2D eigenvalue weighted by atomic mass is 10.1. The van der Waals surface area contributed by atoms with Crippen molar-refractivity contribution >= 4 is 29.6 Å². The summed E-state index contributed by atoms with van der Waals surface area (Å²) in [6.45, 7) is 3.00. The van der Waals surface area contributed by atoms with Gasteiger partial charge in [-0.25, -0.2) is 4.79 Å². The van der Waals surface area contributed by atoms with Crippen LogP contribution in [-0.4, -0.2) is 76.6 Å². The van der Waals surface area contributed by atoms with Crippen molar-refractivity contribution in [2.24, 2.45) is 17.2 Å². The molecule has 13 nitrogen and oxygen atoms in total. The van der Waals surface area contributed by atoms with Crippen LogP contribution in [0.2, 0.25) is 0 Å². The van der Waals surface area contributed by atoms with E-state index < -0.39 is 59.9 Å². The molecule has 13 heteroatoms. The minimum atomic E-state index is -1.43. The third-order valence-electron chi connectivity index (χ3n) is 4.35. The third-order valence-corrected chi connectivity index (χ3v) is 4.35. The van der Waals surface area contributed by atoms with Crippen molar-refractivity contribution in [3.63, 3.8) is 0 Å². The van der Waals surface area contributed by atoms with Crippen LogP contribution in [0.25, 0.3) is 0 Å². The molecule has 0 radical (unpaired) electrons. The molecule has 11 N–H and O–H groups in total. The van der Waals surface area contributed by atoms with E-state index in [1.165, 1.54) is 13.8 Å². The second-order valence-electron chi connectivity index (χ2n) is 7.27. The minimum absolute atomic E-state index is 0.121. The largest absolute Gasteiger partial charge is 0.480 e. The molecule has 0 saturated heterocycles. The Balaban J connectivity index is 5.38. The first-order valence-electron chi connectivity index (χ1n) is 9.96. The Morgan fingerprint density at radius 1 is 0.871 bits per heavy atom. The number of aliphatic hydroxyl groups excluding tert-OH is 1. The molecule has 0 aromatic heterocycles. The summed E-state index contributed by atoms with van der Waals surface area (Å²) < 4.78 is 0. The van der Waals surface area contributed by atoms with E-state index in [2.05, 4.69) is 16.0 Å². The Labute approximate surface area is 180 Å².